The van der Waals surface area contributed by atoms with Crippen molar-refractivity contribution in [2.75, 3.05) is 12.8 Å². The molecule has 0 spiro atoms. The molecule has 106 valence electrons. The second-order valence-electron chi connectivity index (χ2n) is 4.37. The van der Waals surface area contributed by atoms with E-state index in [0.29, 0.717) is 12.2 Å². The Labute approximate surface area is 116 Å². The molecule has 0 saturated carbocycles. The van der Waals surface area contributed by atoms with E-state index in [2.05, 4.69) is 10.4 Å². The van der Waals surface area contributed by atoms with Gasteiger partial charge in [0.25, 0.3) is 0 Å². The molecule has 1 aromatic carbocycles. The fraction of sp³-hybridized carbons (Fsp3) is 0.214. The van der Waals surface area contributed by atoms with Crippen molar-refractivity contribution < 1.29 is 9.13 Å². The number of hydrazine groups is 1. The average Bonchev–Trinajstić information content (AvgIpc) is 2.47. The Balaban J connectivity index is 2.26. The van der Waals surface area contributed by atoms with Gasteiger partial charge < -0.3 is 10.5 Å². The lowest BCUT2D eigenvalue weighted by molar-refractivity contribution is 0.384. The molecule has 0 aliphatic heterocycles. The number of anilines is 1. The van der Waals surface area contributed by atoms with Crippen LogP contribution in [0.15, 0.2) is 36.5 Å². The molecule has 0 aliphatic rings. The molecule has 5 N–H and O–H groups in total. The molecule has 5 nitrogen and oxygen atoms in total. The number of nitrogens with one attached hydrogen (secondary N) is 1. The number of pyridine rings is 1. The van der Waals surface area contributed by atoms with Crippen LogP contribution >= 0.6 is 0 Å². The highest BCUT2D eigenvalue weighted by Crippen LogP contribution is 2.25. The maximum atomic E-state index is 13.4. The van der Waals surface area contributed by atoms with Gasteiger partial charge in [-0.05, 0) is 35.7 Å². The first-order valence-electron chi connectivity index (χ1n) is 6.14. The predicted molar refractivity (Wildman–Crippen MR) is 75.4 cm³/mol. The van der Waals surface area contributed by atoms with Gasteiger partial charge in [0.1, 0.15) is 5.82 Å². The molecule has 1 atom stereocenters. The van der Waals surface area contributed by atoms with Gasteiger partial charge in [0.15, 0.2) is 11.6 Å². The molecule has 2 rings (SSSR count). The Kier molecular flexibility index (Phi) is 4.49. The van der Waals surface area contributed by atoms with Gasteiger partial charge in [-0.3, -0.25) is 11.3 Å². The van der Waals surface area contributed by atoms with Crippen molar-refractivity contribution in [1.82, 2.24) is 10.4 Å². The minimum absolute atomic E-state index is 0.182. The number of ether oxygens (including phenoxy) is 1. The van der Waals surface area contributed by atoms with Gasteiger partial charge in [0, 0.05) is 6.20 Å². The summed E-state index contributed by atoms with van der Waals surface area (Å²) < 4.78 is 18.4. The summed E-state index contributed by atoms with van der Waals surface area (Å²) in [7, 11) is 1.42. The number of hydrogen-bond donors (Lipinski definition) is 3. The molecule has 1 heterocycles. The summed E-state index contributed by atoms with van der Waals surface area (Å²) in [6.07, 6.45) is 2.18. The predicted octanol–water partition coefficient (Wildman–Crippen LogP) is 1.56. The van der Waals surface area contributed by atoms with E-state index in [9.17, 15) is 4.39 Å². The quantitative estimate of drug-likeness (QED) is 0.570. The van der Waals surface area contributed by atoms with Crippen LogP contribution in [0.4, 0.5) is 10.2 Å². The van der Waals surface area contributed by atoms with E-state index < -0.39 is 5.82 Å². The smallest absolute Gasteiger partial charge is 0.165 e. The van der Waals surface area contributed by atoms with Crippen molar-refractivity contribution in [1.29, 1.82) is 0 Å². The molecule has 1 unspecified atom stereocenters. The third-order valence-electron chi connectivity index (χ3n) is 3.13. The minimum Gasteiger partial charge on any atom is -0.494 e. The van der Waals surface area contributed by atoms with Gasteiger partial charge >= 0.3 is 0 Å². The van der Waals surface area contributed by atoms with Crippen molar-refractivity contribution in [2.45, 2.75) is 12.5 Å². The van der Waals surface area contributed by atoms with Crippen molar-refractivity contribution in [3.05, 3.63) is 53.5 Å². The number of nitrogen functional groups attached to an aromatic ring is 1. The molecular formula is C14H17FN4O. The zero-order valence-electron chi connectivity index (χ0n) is 11.1. The van der Waals surface area contributed by atoms with E-state index in [1.54, 1.807) is 18.3 Å². The van der Waals surface area contributed by atoms with Crippen LogP contribution in [-0.4, -0.2) is 12.1 Å². The topological polar surface area (TPSA) is 86.2 Å². The van der Waals surface area contributed by atoms with Crippen LogP contribution in [0.2, 0.25) is 0 Å². The first-order chi connectivity index (χ1) is 9.65. The summed E-state index contributed by atoms with van der Waals surface area (Å²) in [6, 6.07) is 8.11. The molecule has 0 saturated heterocycles. The molecule has 0 fully saturated rings. The van der Waals surface area contributed by atoms with E-state index in [0.717, 1.165) is 11.1 Å². The summed E-state index contributed by atoms with van der Waals surface area (Å²) in [4.78, 5) is 4.03. The van der Waals surface area contributed by atoms with Gasteiger partial charge in [-0.25, -0.2) is 9.37 Å². The Morgan fingerprint density at radius 2 is 2.20 bits per heavy atom. The summed E-state index contributed by atoms with van der Waals surface area (Å²) in [5, 5.41) is 0. The first kappa shape index (κ1) is 14.2. The number of methoxy groups -OCH3 is 1. The fourth-order valence-electron chi connectivity index (χ4n) is 2.01. The average molecular weight is 276 g/mol. The Morgan fingerprint density at radius 1 is 1.40 bits per heavy atom. The highest BCUT2D eigenvalue weighted by molar-refractivity contribution is 5.40. The zero-order chi connectivity index (χ0) is 14.5. The molecule has 0 aliphatic carbocycles. The van der Waals surface area contributed by atoms with Crippen LogP contribution in [0, 0.1) is 5.82 Å². The minimum atomic E-state index is -0.409. The van der Waals surface area contributed by atoms with Gasteiger partial charge in [0.05, 0.1) is 13.2 Å². The third kappa shape index (κ3) is 3.04. The molecule has 0 radical (unpaired) electrons. The SMILES string of the molecule is COc1cc(C(Cc2cccnc2N)NN)ccc1F. The van der Waals surface area contributed by atoms with Crippen LogP contribution in [-0.2, 0) is 6.42 Å². The first-order valence-corrected chi connectivity index (χ1v) is 6.14. The molecule has 20 heavy (non-hydrogen) atoms. The van der Waals surface area contributed by atoms with Gasteiger partial charge in [-0.1, -0.05) is 12.1 Å². The summed E-state index contributed by atoms with van der Waals surface area (Å²) >= 11 is 0. The second-order valence-corrected chi connectivity index (χ2v) is 4.37. The number of hydrogen-bond acceptors (Lipinski definition) is 5. The second kappa shape index (κ2) is 6.31. The lowest BCUT2D eigenvalue weighted by Crippen LogP contribution is -2.29. The number of nitrogens with two attached hydrogens (primary N) is 2. The number of rotatable bonds is 5. The monoisotopic (exact) mass is 276 g/mol. The Morgan fingerprint density at radius 3 is 2.85 bits per heavy atom. The molecule has 6 heteroatoms. The van der Waals surface area contributed by atoms with Crippen LogP contribution in [0.25, 0.3) is 0 Å². The third-order valence-corrected chi connectivity index (χ3v) is 3.13. The molecule has 0 amide bonds. The standard InChI is InChI=1S/C14H17FN4O/c1-20-13-8-9(4-5-11(13)15)12(19-17)7-10-3-2-6-18-14(10)16/h2-6,8,12,19H,7,17H2,1H3,(H2,16,18). The largest absolute Gasteiger partial charge is 0.494 e. The van der Waals surface area contributed by atoms with Gasteiger partial charge in [-0.15, -0.1) is 0 Å². The van der Waals surface area contributed by atoms with Gasteiger partial charge in [0.2, 0.25) is 0 Å². The highest BCUT2D eigenvalue weighted by Gasteiger charge is 2.15. The fourth-order valence-corrected chi connectivity index (χ4v) is 2.01. The molecule has 1 aromatic heterocycles. The Hall–Kier alpha value is -2.18. The van der Waals surface area contributed by atoms with Crippen molar-refractivity contribution in [3.8, 4) is 5.75 Å². The van der Waals surface area contributed by atoms with Crippen LogP contribution < -0.4 is 21.7 Å². The maximum Gasteiger partial charge on any atom is 0.165 e. The zero-order valence-corrected chi connectivity index (χ0v) is 11.1. The van der Waals surface area contributed by atoms with Gasteiger partial charge in [-0.2, -0.15) is 0 Å². The summed E-state index contributed by atoms with van der Waals surface area (Å²) in [5.74, 6) is 5.82. The normalized spacial score (nSPS) is 12.2. The van der Waals surface area contributed by atoms with Crippen molar-refractivity contribution in [2.24, 2.45) is 5.84 Å². The van der Waals surface area contributed by atoms with E-state index in [4.69, 9.17) is 16.3 Å². The summed E-state index contributed by atoms with van der Waals surface area (Å²) in [5.41, 5.74) is 10.2. The molecule has 2 aromatic rings. The number of benzene rings is 1. The van der Waals surface area contributed by atoms with E-state index in [1.165, 1.54) is 13.2 Å². The number of aromatic nitrogens is 1. The summed E-state index contributed by atoms with van der Waals surface area (Å²) in [6.45, 7) is 0. The van der Waals surface area contributed by atoms with Crippen LogP contribution in [0.1, 0.15) is 17.2 Å². The lowest BCUT2D eigenvalue weighted by Gasteiger charge is -2.18. The molecule has 0 bridgehead atoms. The van der Waals surface area contributed by atoms with Crippen LogP contribution in [0.5, 0.6) is 5.75 Å². The lowest BCUT2D eigenvalue weighted by atomic mass is 9.99. The number of halogens is 1. The van der Waals surface area contributed by atoms with E-state index >= 15 is 0 Å². The maximum absolute atomic E-state index is 13.4. The molecular weight excluding hydrogens is 259 g/mol. The van der Waals surface area contributed by atoms with Crippen molar-refractivity contribution >= 4 is 5.82 Å². The highest BCUT2D eigenvalue weighted by atomic mass is 19.1. The number of nitrogens with zero attached hydrogens (tertiary/aromatic N) is 1. The van der Waals surface area contributed by atoms with E-state index in [-0.39, 0.29) is 11.8 Å². The van der Waals surface area contributed by atoms with E-state index in [1.807, 2.05) is 12.1 Å². The van der Waals surface area contributed by atoms with Crippen LogP contribution in [0.3, 0.4) is 0 Å². The Bertz CT molecular complexity index is 591. The van der Waals surface area contributed by atoms with Crippen molar-refractivity contribution in [3.63, 3.8) is 0 Å².